The van der Waals surface area contributed by atoms with Crippen LogP contribution in [0.25, 0.3) is 0 Å². The fraction of sp³-hybridized carbons (Fsp3) is 0.412. The molecule has 2 rings (SSSR count). The Morgan fingerprint density at radius 1 is 1.44 bits per heavy atom. The zero-order valence-electron chi connectivity index (χ0n) is 14.2. The SMILES string of the molecule is C#Cc1cccc(NC(=O)CN(C)C(=O)C2CCCN2S(C)(=O)=O)c1. The van der Waals surface area contributed by atoms with Crippen LogP contribution in [0.5, 0.6) is 0 Å². The lowest BCUT2D eigenvalue weighted by Crippen LogP contribution is -2.47. The van der Waals surface area contributed by atoms with E-state index in [2.05, 4.69) is 11.2 Å². The summed E-state index contributed by atoms with van der Waals surface area (Å²) in [5.41, 5.74) is 1.18. The first-order valence-corrected chi connectivity index (χ1v) is 9.65. The number of sulfonamides is 1. The van der Waals surface area contributed by atoms with Crippen molar-refractivity contribution in [2.45, 2.75) is 18.9 Å². The molecule has 0 aliphatic carbocycles. The Morgan fingerprint density at radius 2 is 2.16 bits per heavy atom. The normalized spacial score (nSPS) is 17.7. The van der Waals surface area contributed by atoms with E-state index in [1.807, 2.05) is 0 Å². The number of hydrogen-bond donors (Lipinski definition) is 1. The first-order valence-electron chi connectivity index (χ1n) is 7.80. The van der Waals surface area contributed by atoms with Crippen LogP contribution in [0, 0.1) is 12.3 Å². The Hall–Kier alpha value is -2.37. The van der Waals surface area contributed by atoms with Gasteiger partial charge in [0.1, 0.15) is 6.04 Å². The molecule has 1 N–H and O–H groups in total. The Labute approximate surface area is 148 Å². The van der Waals surface area contributed by atoms with E-state index in [1.165, 1.54) is 16.3 Å². The molecule has 0 radical (unpaired) electrons. The van der Waals surface area contributed by atoms with Gasteiger partial charge in [-0.05, 0) is 31.0 Å². The number of nitrogens with zero attached hydrogens (tertiary/aromatic N) is 2. The second-order valence-electron chi connectivity index (χ2n) is 6.00. The van der Waals surface area contributed by atoms with Crippen molar-refractivity contribution >= 4 is 27.5 Å². The van der Waals surface area contributed by atoms with Crippen LogP contribution in [0.15, 0.2) is 24.3 Å². The predicted octanol–water partition coefficient (Wildman–Crippen LogP) is 0.489. The van der Waals surface area contributed by atoms with Crippen LogP contribution in [-0.2, 0) is 19.6 Å². The number of hydrogen-bond acceptors (Lipinski definition) is 4. The number of rotatable bonds is 5. The van der Waals surface area contributed by atoms with Gasteiger partial charge in [0.2, 0.25) is 21.8 Å². The number of terminal acetylenes is 1. The third-order valence-corrected chi connectivity index (χ3v) is 5.27. The zero-order chi connectivity index (χ0) is 18.6. The van der Waals surface area contributed by atoms with Crippen molar-refractivity contribution in [3.05, 3.63) is 29.8 Å². The molecule has 0 bridgehead atoms. The predicted molar refractivity (Wildman–Crippen MR) is 95.2 cm³/mol. The highest BCUT2D eigenvalue weighted by atomic mass is 32.2. The minimum Gasteiger partial charge on any atom is -0.335 e. The molecule has 1 aliphatic rings. The van der Waals surface area contributed by atoms with Crippen molar-refractivity contribution in [2.24, 2.45) is 0 Å². The average molecular weight is 363 g/mol. The number of amides is 2. The molecule has 1 saturated heterocycles. The summed E-state index contributed by atoms with van der Waals surface area (Å²) in [5.74, 6) is 1.72. The van der Waals surface area contributed by atoms with E-state index in [-0.39, 0.29) is 18.4 Å². The second kappa shape index (κ2) is 7.68. The summed E-state index contributed by atoms with van der Waals surface area (Å²) in [5, 5.41) is 2.67. The summed E-state index contributed by atoms with van der Waals surface area (Å²) in [6, 6.07) is 6.08. The zero-order valence-corrected chi connectivity index (χ0v) is 15.0. The van der Waals surface area contributed by atoms with Gasteiger partial charge in [-0.15, -0.1) is 6.42 Å². The summed E-state index contributed by atoms with van der Waals surface area (Å²) in [6.45, 7) is 0.154. The fourth-order valence-electron chi connectivity index (χ4n) is 2.82. The fourth-order valence-corrected chi connectivity index (χ4v) is 3.94. The van der Waals surface area contributed by atoms with Gasteiger partial charge in [0, 0.05) is 24.8 Å². The van der Waals surface area contributed by atoms with E-state index >= 15 is 0 Å². The van der Waals surface area contributed by atoms with Gasteiger partial charge in [0.25, 0.3) is 0 Å². The van der Waals surface area contributed by atoms with Crippen LogP contribution in [0.1, 0.15) is 18.4 Å². The molecule has 1 atom stereocenters. The Morgan fingerprint density at radius 3 is 2.80 bits per heavy atom. The molecule has 0 saturated carbocycles. The van der Waals surface area contributed by atoms with E-state index in [1.54, 1.807) is 24.3 Å². The molecule has 1 aromatic carbocycles. The van der Waals surface area contributed by atoms with Gasteiger partial charge in [-0.3, -0.25) is 9.59 Å². The molecule has 2 amide bonds. The topological polar surface area (TPSA) is 86.8 Å². The van der Waals surface area contributed by atoms with Crippen LogP contribution in [0.3, 0.4) is 0 Å². The molecule has 1 fully saturated rings. The molecule has 1 aromatic rings. The minimum atomic E-state index is -3.45. The molecule has 1 unspecified atom stereocenters. The lowest BCUT2D eigenvalue weighted by Gasteiger charge is -2.26. The van der Waals surface area contributed by atoms with Crippen molar-refractivity contribution < 1.29 is 18.0 Å². The largest absolute Gasteiger partial charge is 0.335 e. The standard InChI is InChI=1S/C17H21N3O4S/c1-4-13-7-5-8-14(11-13)18-16(21)12-19(2)17(22)15-9-6-10-20(15)25(3,23)24/h1,5,7-8,11,15H,6,9-10,12H2,2-3H3,(H,18,21). The first-order chi connectivity index (χ1) is 11.7. The number of anilines is 1. The second-order valence-corrected chi connectivity index (χ2v) is 7.93. The Bertz CT molecular complexity index is 813. The third-order valence-electron chi connectivity index (χ3n) is 3.98. The quantitative estimate of drug-likeness (QED) is 0.772. The summed E-state index contributed by atoms with van der Waals surface area (Å²) in [6.07, 6.45) is 7.49. The monoisotopic (exact) mass is 363 g/mol. The lowest BCUT2D eigenvalue weighted by atomic mass is 10.2. The van der Waals surface area contributed by atoms with Crippen LogP contribution in [0.2, 0.25) is 0 Å². The van der Waals surface area contributed by atoms with Crippen LogP contribution < -0.4 is 5.32 Å². The van der Waals surface area contributed by atoms with Crippen molar-refractivity contribution in [2.75, 3.05) is 31.7 Å². The number of carbonyl (C=O) groups excluding carboxylic acids is 2. The summed E-state index contributed by atoms with van der Waals surface area (Å²) in [7, 11) is -1.96. The number of benzene rings is 1. The van der Waals surface area contributed by atoms with Gasteiger partial charge >= 0.3 is 0 Å². The maximum Gasteiger partial charge on any atom is 0.243 e. The van der Waals surface area contributed by atoms with Gasteiger partial charge in [0.15, 0.2) is 0 Å². The molecular formula is C17H21N3O4S. The maximum atomic E-state index is 12.5. The van der Waals surface area contributed by atoms with Crippen molar-refractivity contribution in [1.29, 1.82) is 0 Å². The molecule has 1 aliphatic heterocycles. The Kier molecular flexibility index (Phi) is 5.82. The van der Waals surface area contributed by atoms with Gasteiger partial charge < -0.3 is 10.2 Å². The van der Waals surface area contributed by atoms with E-state index < -0.39 is 16.1 Å². The van der Waals surface area contributed by atoms with Gasteiger partial charge in [-0.25, -0.2) is 8.42 Å². The molecule has 0 spiro atoms. The van der Waals surface area contributed by atoms with Crippen LogP contribution >= 0.6 is 0 Å². The van der Waals surface area contributed by atoms with Crippen molar-refractivity contribution in [1.82, 2.24) is 9.21 Å². The number of carbonyl (C=O) groups is 2. The van der Waals surface area contributed by atoms with E-state index in [4.69, 9.17) is 6.42 Å². The molecule has 8 heteroatoms. The maximum absolute atomic E-state index is 12.5. The summed E-state index contributed by atoms with van der Waals surface area (Å²) in [4.78, 5) is 25.9. The summed E-state index contributed by atoms with van der Waals surface area (Å²) < 4.78 is 24.7. The molecule has 1 heterocycles. The minimum absolute atomic E-state index is 0.173. The van der Waals surface area contributed by atoms with Crippen LogP contribution in [0.4, 0.5) is 5.69 Å². The smallest absolute Gasteiger partial charge is 0.243 e. The molecule has 0 aromatic heterocycles. The molecular weight excluding hydrogens is 342 g/mol. The van der Waals surface area contributed by atoms with E-state index in [0.29, 0.717) is 30.6 Å². The number of likely N-dealkylation sites (N-methyl/N-ethyl adjacent to an activating group) is 1. The highest BCUT2D eigenvalue weighted by Crippen LogP contribution is 2.21. The number of nitrogens with one attached hydrogen (secondary N) is 1. The van der Waals surface area contributed by atoms with Gasteiger partial charge in [-0.1, -0.05) is 12.0 Å². The highest BCUT2D eigenvalue weighted by molar-refractivity contribution is 7.88. The first kappa shape index (κ1) is 19.0. The van der Waals surface area contributed by atoms with Gasteiger partial charge in [-0.2, -0.15) is 4.31 Å². The third kappa shape index (κ3) is 4.81. The molecule has 7 nitrogen and oxygen atoms in total. The highest BCUT2D eigenvalue weighted by Gasteiger charge is 2.38. The lowest BCUT2D eigenvalue weighted by molar-refractivity contribution is -0.136. The Balaban J connectivity index is 1.98. The van der Waals surface area contributed by atoms with E-state index in [0.717, 1.165) is 6.26 Å². The van der Waals surface area contributed by atoms with E-state index in [9.17, 15) is 18.0 Å². The van der Waals surface area contributed by atoms with Crippen LogP contribution in [-0.4, -0.2) is 61.9 Å². The van der Waals surface area contributed by atoms with Crippen molar-refractivity contribution in [3.63, 3.8) is 0 Å². The molecule has 25 heavy (non-hydrogen) atoms. The molecule has 134 valence electrons. The average Bonchev–Trinajstić information content (AvgIpc) is 3.04. The summed E-state index contributed by atoms with van der Waals surface area (Å²) >= 11 is 0. The van der Waals surface area contributed by atoms with Crippen molar-refractivity contribution in [3.8, 4) is 12.3 Å². The van der Waals surface area contributed by atoms with Gasteiger partial charge in [0.05, 0.1) is 12.8 Å².